The molecule has 2 aromatic rings. The number of rotatable bonds is 8. The molecular formula is C17H24N4O2S. The van der Waals surface area contributed by atoms with Crippen molar-refractivity contribution in [3.63, 3.8) is 0 Å². The van der Waals surface area contributed by atoms with Crippen LogP contribution in [0.1, 0.15) is 39.8 Å². The average Bonchev–Trinajstić information content (AvgIpc) is 3.17. The molecular weight excluding hydrogens is 324 g/mol. The highest BCUT2D eigenvalue weighted by Gasteiger charge is 2.16. The van der Waals surface area contributed by atoms with E-state index in [-0.39, 0.29) is 17.7 Å². The highest BCUT2D eigenvalue weighted by Crippen LogP contribution is 2.15. The predicted molar refractivity (Wildman–Crippen MR) is 95.2 cm³/mol. The summed E-state index contributed by atoms with van der Waals surface area (Å²) >= 11 is 1.41. The number of thiophene rings is 1. The first kappa shape index (κ1) is 18.2. The lowest BCUT2D eigenvalue weighted by Gasteiger charge is -2.13. The highest BCUT2D eigenvalue weighted by molar-refractivity contribution is 7.12. The normalized spacial score (nSPS) is 12.0. The van der Waals surface area contributed by atoms with Crippen molar-refractivity contribution in [2.24, 2.45) is 5.92 Å². The maximum atomic E-state index is 12.1. The number of H-pyrrole nitrogens is 1. The molecule has 0 aliphatic carbocycles. The van der Waals surface area contributed by atoms with Crippen molar-refractivity contribution in [3.8, 4) is 0 Å². The van der Waals surface area contributed by atoms with Crippen LogP contribution < -0.4 is 10.6 Å². The summed E-state index contributed by atoms with van der Waals surface area (Å²) in [4.78, 5) is 24.8. The number of aromatic amines is 1. The minimum atomic E-state index is -0.259. The molecule has 2 amide bonds. The van der Waals surface area contributed by atoms with Crippen molar-refractivity contribution in [2.75, 3.05) is 13.1 Å². The molecule has 0 spiro atoms. The first-order valence-corrected chi connectivity index (χ1v) is 8.96. The van der Waals surface area contributed by atoms with Gasteiger partial charge in [-0.3, -0.25) is 14.7 Å². The summed E-state index contributed by atoms with van der Waals surface area (Å²) in [5.74, 6) is -0.412. The summed E-state index contributed by atoms with van der Waals surface area (Å²) in [6, 6.07) is 1.91. The summed E-state index contributed by atoms with van der Waals surface area (Å²) < 4.78 is 0. The van der Waals surface area contributed by atoms with Gasteiger partial charge in [0.2, 0.25) is 5.91 Å². The van der Waals surface area contributed by atoms with Gasteiger partial charge in [0.25, 0.3) is 5.91 Å². The minimum Gasteiger partial charge on any atom is -0.356 e. The molecule has 0 saturated carbocycles. The predicted octanol–water partition coefficient (Wildman–Crippen LogP) is 2.20. The van der Waals surface area contributed by atoms with Crippen molar-refractivity contribution < 1.29 is 9.59 Å². The summed E-state index contributed by atoms with van der Waals surface area (Å²) in [7, 11) is 0. The Morgan fingerprint density at radius 3 is 2.75 bits per heavy atom. The Hall–Kier alpha value is -2.15. The quantitative estimate of drug-likeness (QED) is 0.639. The number of nitrogens with one attached hydrogen (secondary N) is 3. The first-order chi connectivity index (χ1) is 11.5. The summed E-state index contributed by atoms with van der Waals surface area (Å²) in [5.41, 5.74) is 3.21. The van der Waals surface area contributed by atoms with Gasteiger partial charge in [0.1, 0.15) is 0 Å². The number of aromatic nitrogens is 2. The zero-order chi connectivity index (χ0) is 17.5. The fourth-order valence-electron chi connectivity index (χ4n) is 2.32. The van der Waals surface area contributed by atoms with Crippen LogP contribution in [0, 0.1) is 19.8 Å². The molecule has 0 fully saturated rings. The summed E-state index contributed by atoms with van der Waals surface area (Å²) in [6.07, 6.45) is 3.56. The molecule has 3 N–H and O–H groups in total. The van der Waals surface area contributed by atoms with E-state index in [1.54, 1.807) is 0 Å². The zero-order valence-corrected chi connectivity index (χ0v) is 15.1. The topological polar surface area (TPSA) is 86.9 Å². The SMILES string of the molecule is Cc1ccsc1C(=O)NC[C@@H](C)C(=O)NCCCc1cn[nH]c1C. The molecule has 2 rings (SSSR count). The van der Waals surface area contributed by atoms with Gasteiger partial charge in [-0.15, -0.1) is 11.3 Å². The van der Waals surface area contributed by atoms with Gasteiger partial charge in [0.15, 0.2) is 0 Å². The maximum Gasteiger partial charge on any atom is 0.261 e. The monoisotopic (exact) mass is 348 g/mol. The first-order valence-electron chi connectivity index (χ1n) is 8.08. The van der Waals surface area contributed by atoms with E-state index in [0.717, 1.165) is 24.1 Å². The summed E-state index contributed by atoms with van der Waals surface area (Å²) in [5, 5.41) is 14.5. The highest BCUT2D eigenvalue weighted by atomic mass is 32.1. The van der Waals surface area contributed by atoms with E-state index in [1.165, 1.54) is 16.9 Å². The maximum absolute atomic E-state index is 12.1. The molecule has 1 atom stereocenters. The molecule has 6 nitrogen and oxygen atoms in total. The molecule has 24 heavy (non-hydrogen) atoms. The van der Waals surface area contributed by atoms with Gasteiger partial charge in [-0.25, -0.2) is 0 Å². The standard InChI is InChI=1S/C17H24N4O2S/c1-11-6-8-24-15(11)17(23)19-9-12(2)16(22)18-7-4-5-14-10-20-21-13(14)3/h6,8,10,12H,4-5,7,9H2,1-3H3,(H,18,22)(H,19,23)(H,20,21)/t12-/m1/s1. The second-order valence-electron chi connectivity index (χ2n) is 5.96. The number of nitrogens with zero attached hydrogens (tertiary/aromatic N) is 1. The molecule has 0 aliphatic rings. The Balaban J connectivity index is 1.66. The number of hydrogen-bond donors (Lipinski definition) is 3. The van der Waals surface area contributed by atoms with Gasteiger partial charge in [-0.2, -0.15) is 5.10 Å². The van der Waals surface area contributed by atoms with Crippen molar-refractivity contribution in [3.05, 3.63) is 39.3 Å². The number of carbonyl (C=O) groups is 2. The Bertz CT molecular complexity index is 692. The van der Waals surface area contributed by atoms with Gasteiger partial charge < -0.3 is 10.6 Å². The van der Waals surface area contributed by atoms with E-state index in [0.29, 0.717) is 18.0 Å². The third-order valence-electron chi connectivity index (χ3n) is 3.94. The fourth-order valence-corrected chi connectivity index (χ4v) is 3.16. The number of aryl methyl sites for hydroxylation is 3. The van der Waals surface area contributed by atoms with Crippen LogP contribution in [0.25, 0.3) is 0 Å². The van der Waals surface area contributed by atoms with Crippen LogP contribution in [-0.4, -0.2) is 35.1 Å². The van der Waals surface area contributed by atoms with Crippen molar-refractivity contribution in [1.29, 1.82) is 0 Å². The minimum absolute atomic E-state index is 0.0397. The molecule has 0 unspecified atom stereocenters. The lowest BCUT2D eigenvalue weighted by atomic mass is 10.1. The molecule has 7 heteroatoms. The van der Waals surface area contributed by atoms with Crippen molar-refractivity contribution in [2.45, 2.75) is 33.6 Å². The lowest BCUT2D eigenvalue weighted by Crippen LogP contribution is -2.37. The van der Waals surface area contributed by atoms with E-state index in [2.05, 4.69) is 20.8 Å². The van der Waals surface area contributed by atoms with Crippen LogP contribution >= 0.6 is 11.3 Å². The Kier molecular flexibility index (Phi) is 6.54. The molecule has 0 aromatic carbocycles. The van der Waals surface area contributed by atoms with Crippen molar-refractivity contribution >= 4 is 23.2 Å². The van der Waals surface area contributed by atoms with Crippen LogP contribution in [0.5, 0.6) is 0 Å². The van der Waals surface area contributed by atoms with Gasteiger partial charge in [-0.05, 0) is 49.3 Å². The Labute approximate surface area is 146 Å². The lowest BCUT2D eigenvalue weighted by molar-refractivity contribution is -0.124. The van der Waals surface area contributed by atoms with Crippen LogP contribution in [0.15, 0.2) is 17.6 Å². The molecule has 2 aromatic heterocycles. The number of carbonyl (C=O) groups excluding carboxylic acids is 2. The Morgan fingerprint density at radius 1 is 1.33 bits per heavy atom. The van der Waals surface area contributed by atoms with E-state index in [1.807, 2.05) is 38.4 Å². The van der Waals surface area contributed by atoms with Crippen LogP contribution in [0.4, 0.5) is 0 Å². The second-order valence-corrected chi connectivity index (χ2v) is 6.87. The van der Waals surface area contributed by atoms with E-state index in [4.69, 9.17) is 0 Å². The summed E-state index contributed by atoms with van der Waals surface area (Å²) in [6.45, 7) is 6.66. The largest absolute Gasteiger partial charge is 0.356 e. The Morgan fingerprint density at radius 2 is 2.12 bits per heavy atom. The van der Waals surface area contributed by atoms with Gasteiger partial charge >= 0.3 is 0 Å². The van der Waals surface area contributed by atoms with Crippen molar-refractivity contribution in [1.82, 2.24) is 20.8 Å². The molecule has 0 bridgehead atoms. The van der Waals surface area contributed by atoms with Gasteiger partial charge in [0, 0.05) is 18.8 Å². The third-order valence-corrected chi connectivity index (χ3v) is 4.96. The second kappa shape index (κ2) is 8.63. The van der Waals surface area contributed by atoms with Crippen LogP contribution in [0.2, 0.25) is 0 Å². The number of hydrogen-bond acceptors (Lipinski definition) is 4. The van der Waals surface area contributed by atoms with Crippen LogP contribution in [-0.2, 0) is 11.2 Å². The molecule has 2 heterocycles. The number of amides is 2. The molecule has 0 aliphatic heterocycles. The molecule has 130 valence electrons. The van der Waals surface area contributed by atoms with Gasteiger partial charge in [-0.1, -0.05) is 6.92 Å². The van der Waals surface area contributed by atoms with E-state index >= 15 is 0 Å². The third kappa shape index (κ3) is 4.92. The van der Waals surface area contributed by atoms with Crippen LogP contribution in [0.3, 0.4) is 0 Å². The average molecular weight is 348 g/mol. The fraction of sp³-hybridized carbons (Fsp3) is 0.471. The van der Waals surface area contributed by atoms with E-state index < -0.39 is 0 Å². The molecule has 0 saturated heterocycles. The molecule has 0 radical (unpaired) electrons. The smallest absolute Gasteiger partial charge is 0.261 e. The van der Waals surface area contributed by atoms with Gasteiger partial charge in [0.05, 0.1) is 17.0 Å². The van der Waals surface area contributed by atoms with E-state index in [9.17, 15) is 9.59 Å². The zero-order valence-electron chi connectivity index (χ0n) is 14.3.